The van der Waals surface area contributed by atoms with Gasteiger partial charge in [-0.2, -0.15) is 4.98 Å². The highest BCUT2D eigenvalue weighted by Gasteiger charge is 2.12. The molecule has 2 aromatic heterocycles. The number of rotatable bonds is 4. The quantitative estimate of drug-likeness (QED) is 0.736. The molecule has 0 saturated heterocycles. The second-order valence-corrected chi connectivity index (χ2v) is 5.11. The van der Waals surface area contributed by atoms with Crippen LogP contribution in [0.1, 0.15) is 24.3 Å². The normalized spacial score (nSPS) is 11.0. The fraction of sp³-hybridized carbons (Fsp3) is 0.312. The van der Waals surface area contributed by atoms with Crippen LogP contribution in [-0.2, 0) is 13.0 Å². The highest BCUT2D eigenvalue weighted by molar-refractivity contribution is 5.91. The number of aryl methyl sites for hydroxylation is 2. The van der Waals surface area contributed by atoms with Crippen LogP contribution >= 0.6 is 0 Å². The second kappa shape index (κ2) is 5.52. The summed E-state index contributed by atoms with van der Waals surface area (Å²) in [6, 6.07) is 10.2. The van der Waals surface area contributed by atoms with E-state index in [1.165, 1.54) is 0 Å². The molecule has 21 heavy (non-hydrogen) atoms. The number of fused-ring (bicyclic) bond motifs is 1. The van der Waals surface area contributed by atoms with Gasteiger partial charge in [0, 0.05) is 30.2 Å². The maximum absolute atomic E-state index is 5.27. The van der Waals surface area contributed by atoms with E-state index in [1.54, 1.807) is 0 Å². The van der Waals surface area contributed by atoms with Crippen LogP contribution in [0, 0.1) is 6.92 Å². The molecule has 0 amide bonds. The highest BCUT2D eigenvalue weighted by atomic mass is 16.5. The third-order valence-corrected chi connectivity index (χ3v) is 3.43. The monoisotopic (exact) mass is 282 g/mol. The van der Waals surface area contributed by atoms with Gasteiger partial charge < -0.3 is 9.42 Å². The van der Waals surface area contributed by atoms with E-state index >= 15 is 0 Å². The standard InChI is InChI=1S/C16H18N4O/c1-4-15-18-16(21-19-15)10-20(3)14-9-11(2)17-13-8-6-5-7-12(13)14/h5-9H,4,10H2,1-3H3. The number of nitrogens with zero attached hydrogens (tertiary/aromatic N) is 4. The van der Waals surface area contributed by atoms with Crippen LogP contribution in [0.2, 0.25) is 0 Å². The van der Waals surface area contributed by atoms with Crippen LogP contribution in [0.3, 0.4) is 0 Å². The second-order valence-electron chi connectivity index (χ2n) is 5.11. The first-order valence-electron chi connectivity index (χ1n) is 7.06. The Bertz CT molecular complexity index is 766. The Morgan fingerprint density at radius 2 is 2.00 bits per heavy atom. The number of benzene rings is 1. The van der Waals surface area contributed by atoms with E-state index in [-0.39, 0.29) is 0 Å². The van der Waals surface area contributed by atoms with E-state index in [2.05, 4.69) is 32.2 Å². The van der Waals surface area contributed by atoms with Gasteiger partial charge in [0.1, 0.15) is 0 Å². The minimum Gasteiger partial charge on any atom is -0.365 e. The summed E-state index contributed by atoms with van der Waals surface area (Å²) in [4.78, 5) is 11.0. The van der Waals surface area contributed by atoms with E-state index in [1.807, 2.05) is 39.1 Å². The number of anilines is 1. The largest absolute Gasteiger partial charge is 0.365 e. The first-order chi connectivity index (χ1) is 10.2. The van der Waals surface area contributed by atoms with Crippen molar-refractivity contribution in [3.8, 4) is 0 Å². The molecule has 0 spiro atoms. The van der Waals surface area contributed by atoms with Crippen molar-refractivity contribution in [1.82, 2.24) is 15.1 Å². The summed E-state index contributed by atoms with van der Waals surface area (Å²) in [7, 11) is 2.02. The first-order valence-corrected chi connectivity index (χ1v) is 7.06. The van der Waals surface area contributed by atoms with Crippen LogP contribution < -0.4 is 4.90 Å². The molecule has 0 bridgehead atoms. The molecule has 5 nitrogen and oxygen atoms in total. The van der Waals surface area contributed by atoms with Crippen molar-refractivity contribution >= 4 is 16.6 Å². The van der Waals surface area contributed by atoms with E-state index < -0.39 is 0 Å². The Labute approximate surface area is 123 Å². The zero-order chi connectivity index (χ0) is 14.8. The summed E-state index contributed by atoms with van der Waals surface area (Å²) in [5.41, 5.74) is 3.11. The van der Waals surface area contributed by atoms with Crippen LogP contribution in [0.4, 0.5) is 5.69 Å². The van der Waals surface area contributed by atoms with Crippen molar-refractivity contribution in [2.45, 2.75) is 26.8 Å². The maximum atomic E-state index is 5.27. The molecule has 0 saturated carbocycles. The first kappa shape index (κ1) is 13.5. The third-order valence-electron chi connectivity index (χ3n) is 3.43. The molecule has 0 aliphatic carbocycles. The predicted octanol–water partition coefficient (Wildman–Crippen LogP) is 3.13. The average molecular weight is 282 g/mol. The lowest BCUT2D eigenvalue weighted by Gasteiger charge is -2.19. The molecule has 0 radical (unpaired) electrons. The molecule has 0 fully saturated rings. The van der Waals surface area contributed by atoms with Gasteiger partial charge in [-0.3, -0.25) is 4.98 Å². The van der Waals surface area contributed by atoms with Crippen LogP contribution in [-0.4, -0.2) is 22.2 Å². The zero-order valence-corrected chi connectivity index (χ0v) is 12.5. The van der Waals surface area contributed by atoms with E-state index in [0.29, 0.717) is 12.4 Å². The van der Waals surface area contributed by atoms with Crippen molar-refractivity contribution in [3.63, 3.8) is 0 Å². The van der Waals surface area contributed by atoms with Gasteiger partial charge in [0.25, 0.3) is 0 Å². The molecule has 2 heterocycles. The molecular formula is C16H18N4O. The summed E-state index contributed by atoms with van der Waals surface area (Å²) >= 11 is 0. The van der Waals surface area contributed by atoms with Crippen molar-refractivity contribution in [1.29, 1.82) is 0 Å². The predicted molar refractivity (Wildman–Crippen MR) is 82.3 cm³/mol. The Morgan fingerprint density at radius 3 is 2.76 bits per heavy atom. The summed E-state index contributed by atoms with van der Waals surface area (Å²) in [6.45, 7) is 4.60. The topological polar surface area (TPSA) is 55.1 Å². The third kappa shape index (κ3) is 2.72. The lowest BCUT2D eigenvalue weighted by Crippen LogP contribution is -2.17. The Hall–Kier alpha value is -2.43. The van der Waals surface area contributed by atoms with Gasteiger partial charge in [0.2, 0.25) is 5.89 Å². The van der Waals surface area contributed by atoms with Crippen LogP contribution in [0.15, 0.2) is 34.9 Å². The van der Waals surface area contributed by atoms with Crippen molar-refractivity contribution in [2.24, 2.45) is 0 Å². The van der Waals surface area contributed by atoms with Crippen molar-refractivity contribution in [2.75, 3.05) is 11.9 Å². The lowest BCUT2D eigenvalue weighted by atomic mass is 10.1. The zero-order valence-electron chi connectivity index (χ0n) is 12.5. The van der Waals surface area contributed by atoms with Crippen LogP contribution in [0.25, 0.3) is 10.9 Å². The molecule has 108 valence electrons. The molecule has 0 aliphatic heterocycles. The van der Waals surface area contributed by atoms with Gasteiger partial charge in [0.05, 0.1) is 12.1 Å². The van der Waals surface area contributed by atoms with Gasteiger partial charge in [0.15, 0.2) is 5.82 Å². The van der Waals surface area contributed by atoms with E-state index in [9.17, 15) is 0 Å². The molecule has 3 rings (SSSR count). The molecule has 0 aliphatic rings. The van der Waals surface area contributed by atoms with Crippen LogP contribution in [0.5, 0.6) is 0 Å². The van der Waals surface area contributed by atoms with Crippen molar-refractivity contribution in [3.05, 3.63) is 47.7 Å². The molecule has 1 aromatic carbocycles. The minimum atomic E-state index is 0.584. The fourth-order valence-corrected chi connectivity index (χ4v) is 2.39. The number of hydrogen-bond acceptors (Lipinski definition) is 5. The summed E-state index contributed by atoms with van der Waals surface area (Å²) in [5.74, 6) is 1.38. The van der Waals surface area contributed by atoms with E-state index in [0.717, 1.165) is 34.5 Å². The molecular weight excluding hydrogens is 264 g/mol. The minimum absolute atomic E-state index is 0.584. The fourth-order valence-electron chi connectivity index (χ4n) is 2.39. The summed E-state index contributed by atoms with van der Waals surface area (Å²) in [5, 5.41) is 5.06. The van der Waals surface area contributed by atoms with Crippen molar-refractivity contribution < 1.29 is 4.52 Å². The Balaban J connectivity index is 1.95. The Morgan fingerprint density at radius 1 is 1.19 bits per heavy atom. The molecule has 0 unspecified atom stereocenters. The lowest BCUT2D eigenvalue weighted by molar-refractivity contribution is 0.373. The smallest absolute Gasteiger partial charge is 0.246 e. The van der Waals surface area contributed by atoms with E-state index in [4.69, 9.17) is 4.52 Å². The van der Waals surface area contributed by atoms with Gasteiger partial charge in [-0.05, 0) is 19.1 Å². The van der Waals surface area contributed by atoms with Gasteiger partial charge in [-0.15, -0.1) is 0 Å². The Kier molecular flexibility index (Phi) is 3.56. The number of pyridine rings is 1. The maximum Gasteiger partial charge on any atom is 0.246 e. The average Bonchev–Trinajstić information content (AvgIpc) is 2.94. The SMILES string of the molecule is CCc1noc(CN(C)c2cc(C)nc3ccccc23)n1. The highest BCUT2D eigenvalue weighted by Crippen LogP contribution is 2.26. The van der Waals surface area contributed by atoms with Gasteiger partial charge >= 0.3 is 0 Å². The van der Waals surface area contributed by atoms with Gasteiger partial charge in [-0.1, -0.05) is 30.3 Å². The summed E-state index contributed by atoms with van der Waals surface area (Å²) < 4.78 is 5.27. The van der Waals surface area contributed by atoms with Gasteiger partial charge in [-0.25, -0.2) is 0 Å². The summed E-state index contributed by atoms with van der Waals surface area (Å²) in [6.07, 6.45) is 0.782. The number of aromatic nitrogens is 3. The molecule has 5 heteroatoms. The molecule has 0 N–H and O–H groups in total. The number of hydrogen-bond donors (Lipinski definition) is 0. The molecule has 3 aromatic rings. The number of para-hydroxylation sites is 1. The molecule has 0 atom stereocenters.